The molecule has 9 unspecified atom stereocenters. The van der Waals surface area contributed by atoms with Crippen LogP contribution in [0.5, 0.6) is 0 Å². The number of aliphatic hydroxyl groups is 7. The molecule has 0 saturated carbocycles. The van der Waals surface area contributed by atoms with Gasteiger partial charge in [-0.05, 0) is 0 Å². The Hall–Kier alpha value is -2.77. The van der Waals surface area contributed by atoms with Crippen molar-refractivity contribution >= 4 is 17.9 Å². The van der Waals surface area contributed by atoms with Gasteiger partial charge in [0.1, 0.15) is 55.9 Å². The van der Waals surface area contributed by atoms with E-state index >= 15 is 0 Å². The van der Waals surface area contributed by atoms with Gasteiger partial charge in [-0.1, -0.05) is 19.7 Å². The highest BCUT2D eigenvalue weighted by Crippen LogP contribution is 2.24. The van der Waals surface area contributed by atoms with E-state index in [0.29, 0.717) is 0 Å². The minimum Gasteiger partial charge on any atom is -0.459 e. The van der Waals surface area contributed by atoms with Gasteiger partial charge in [0.05, 0.1) is 13.2 Å². The molecule has 2 aliphatic rings. The van der Waals surface area contributed by atoms with Crippen molar-refractivity contribution in [2.75, 3.05) is 39.6 Å². The predicted molar refractivity (Wildman–Crippen MR) is 142 cm³/mol. The normalized spacial score (nSPS) is 30.6. The van der Waals surface area contributed by atoms with Crippen LogP contribution in [0, 0.1) is 0 Å². The van der Waals surface area contributed by atoms with Crippen LogP contribution in [0.25, 0.3) is 0 Å². The first-order valence-corrected chi connectivity index (χ1v) is 13.4. The Labute approximate surface area is 247 Å². The van der Waals surface area contributed by atoms with Crippen LogP contribution in [0.2, 0.25) is 0 Å². The second-order valence-electron chi connectivity index (χ2n) is 9.89. The van der Waals surface area contributed by atoms with Gasteiger partial charge >= 0.3 is 17.9 Å². The maximum Gasteiger partial charge on any atom is 0.333 e. The smallest absolute Gasteiger partial charge is 0.333 e. The van der Waals surface area contributed by atoms with Gasteiger partial charge in [-0.3, -0.25) is 0 Å². The average Bonchev–Trinajstić information content (AvgIpc) is 2.98. The van der Waals surface area contributed by atoms with E-state index in [0.717, 1.165) is 0 Å². The number of carbonyl (C=O) groups excluding carboxylic acids is 3. The van der Waals surface area contributed by atoms with Gasteiger partial charge in [0, 0.05) is 49.2 Å². The molecule has 0 aliphatic carbocycles. The molecule has 2 heterocycles. The zero-order valence-corrected chi connectivity index (χ0v) is 23.5. The second kappa shape index (κ2) is 17.5. The fraction of sp³-hybridized carbons (Fsp3) is 0.667. The van der Waals surface area contributed by atoms with Crippen molar-refractivity contribution in [1.29, 1.82) is 0 Å². The Bertz CT molecular complexity index is 997. The highest BCUT2D eigenvalue weighted by atomic mass is 16.7. The van der Waals surface area contributed by atoms with E-state index in [4.69, 9.17) is 38.6 Å². The first-order chi connectivity index (χ1) is 20.3. The lowest BCUT2D eigenvalue weighted by Crippen LogP contribution is -2.59. The first kappa shape index (κ1) is 36.4. The minimum absolute atomic E-state index is 0.00298. The third-order valence-corrected chi connectivity index (χ3v) is 6.65. The maximum atomic E-state index is 12.5. The van der Waals surface area contributed by atoms with Gasteiger partial charge in [0.2, 0.25) is 0 Å². The van der Waals surface area contributed by atoms with E-state index in [9.17, 15) is 39.9 Å². The maximum absolute atomic E-state index is 12.5. The van der Waals surface area contributed by atoms with Crippen LogP contribution < -0.4 is 0 Å². The van der Waals surface area contributed by atoms with Crippen LogP contribution in [0.15, 0.2) is 36.5 Å². The van der Waals surface area contributed by atoms with Crippen LogP contribution in [-0.2, 0) is 42.8 Å². The van der Waals surface area contributed by atoms with E-state index in [2.05, 4.69) is 19.7 Å². The molecule has 0 bridgehead atoms. The summed E-state index contributed by atoms with van der Waals surface area (Å²) < 4.78 is 31.3. The molecule has 16 heteroatoms. The molecule has 0 aromatic rings. The molecule has 2 fully saturated rings. The summed E-state index contributed by atoms with van der Waals surface area (Å²) in [7, 11) is 0. The van der Waals surface area contributed by atoms with Crippen molar-refractivity contribution in [3.05, 3.63) is 36.5 Å². The average molecular weight is 621 g/mol. The quantitative estimate of drug-likeness (QED) is 0.0508. The summed E-state index contributed by atoms with van der Waals surface area (Å²) in [5.74, 6) is -2.61. The van der Waals surface area contributed by atoms with E-state index < -0.39 is 86.2 Å². The van der Waals surface area contributed by atoms with Crippen LogP contribution in [0.1, 0.15) is 19.3 Å². The van der Waals surface area contributed by atoms with Crippen molar-refractivity contribution < 1.29 is 78.6 Å². The summed E-state index contributed by atoms with van der Waals surface area (Å²) in [5.41, 5.74) is -0.127. The molecule has 0 amide bonds. The first-order valence-electron chi connectivity index (χ1n) is 13.4. The number of aliphatic hydroxyl groups excluding tert-OH is 7. The van der Waals surface area contributed by atoms with Crippen molar-refractivity contribution in [2.24, 2.45) is 0 Å². The van der Waals surface area contributed by atoms with Gasteiger partial charge in [0.25, 0.3) is 0 Å². The van der Waals surface area contributed by atoms with Crippen LogP contribution in [0.3, 0.4) is 0 Å². The Kier molecular flexibility index (Phi) is 14.8. The minimum atomic E-state index is -1.72. The number of hydrogen-bond acceptors (Lipinski definition) is 16. The van der Waals surface area contributed by atoms with Crippen molar-refractivity contribution in [3.63, 3.8) is 0 Å². The number of hydrogen-bond donors (Lipinski definition) is 7. The fourth-order valence-electron chi connectivity index (χ4n) is 3.91. The topological polar surface area (TPSA) is 248 Å². The van der Waals surface area contributed by atoms with E-state index in [1.807, 2.05) is 0 Å². The molecule has 2 rings (SSSR count). The zero-order chi connectivity index (χ0) is 32.3. The molecule has 0 aromatic heterocycles. The molecule has 16 nitrogen and oxygen atoms in total. The molecular formula is C27H40O16. The third kappa shape index (κ3) is 10.4. The Morgan fingerprint density at radius 3 is 1.74 bits per heavy atom. The summed E-state index contributed by atoms with van der Waals surface area (Å²) in [6, 6.07) is 0. The Morgan fingerprint density at radius 1 is 0.674 bits per heavy atom. The van der Waals surface area contributed by atoms with Crippen molar-refractivity contribution in [3.8, 4) is 0 Å². The lowest BCUT2D eigenvalue weighted by atomic mass is 9.99. The molecule has 7 N–H and O–H groups in total. The number of ether oxygens (including phenoxy) is 6. The summed E-state index contributed by atoms with van der Waals surface area (Å²) >= 11 is 0. The summed E-state index contributed by atoms with van der Waals surface area (Å²) in [5, 5.41) is 69.0. The molecule has 2 saturated heterocycles. The number of esters is 3. The number of carbonyl (C=O) groups is 3. The molecule has 244 valence electrons. The van der Waals surface area contributed by atoms with Crippen LogP contribution in [0.4, 0.5) is 0 Å². The van der Waals surface area contributed by atoms with Gasteiger partial charge in [-0.15, -0.1) is 0 Å². The Balaban J connectivity index is 1.80. The molecule has 2 aliphatic heterocycles. The predicted octanol–water partition coefficient (Wildman–Crippen LogP) is -3.25. The third-order valence-electron chi connectivity index (χ3n) is 6.65. The lowest BCUT2D eigenvalue weighted by Gasteiger charge is -2.40. The second-order valence-corrected chi connectivity index (χ2v) is 9.89. The monoisotopic (exact) mass is 620 g/mol. The van der Waals surface area contributed by atoms with Crippen molar-refractivity contribution in [2.45, 2.75) is 74.4 Å². The van der Waals surface area contributed by atoms with E-state index in [1.54, 1.807) is 0 Å². The highest BCUT2D eigenvalue weighted by Gasteiger charge is 2.45. The standard InChI is InChI=1S/C27H40O16/c1-13(4-7-28)24(35)40-10-16-19(30)20(31)17(11-39-16)42-26(37)15(3)6-9-38-27-23(34)22(33)21(32)18(43-27)12-41-25(36)14(2)5-8-29/h16-23,27-34H,1-12H2. The number of rotatable bonds is 16. The summed E-state index contributed by atoms with van der Waals surface area (Å²) in [6.07, 6.45) is -13.6. The van der Waals surface area contributed by atoms with E-state index in [-0.39, 0.29) is 62.4 Å². The lowest BCUT2D eigenvalue weighted by molar-refractivity contribution is -0.301. The van der Waals surface area contributed by atoms with Crippen LogP contribution in [-0.4, -0.2) is 148 Å². The van der Waals surface area contributed by atoms with Gasteiger partial charge < -0.3 is 64.2 Å². The van der Waals surface area contributed by atoms with Crippen molar-refractivity contribution in [1.82, 2.24) is 0 Å². The van der Waals surface area contributed by atoms with Gasteiger partial charge in [-0.25, -0.2) is 14.4 Å². The largest absolute Gasteiger partial charge is 0.459 e. The summed E-state index contributed by atoms with van der Waals surface area (Å²) in [6.45, 7) is 8.32. The van der Waals surface area contributed by atoms with Gasteiger partial charge in [-0.2, -0.15) is 0 Å². The molecule has 0 aromatic carbocycles. The SMILES string of the molecule is C=C(CCO)C(=O)OCC1OCC(OC(=O)C(=C)CCOC2OC(COC(=O)C(=C)CCO)C(O)C(O)C2O)C(O)C1O. The van der Waals surface area contributed by atoms with E-state index in [1.165, 1.54) is 0 Å². The Morgan fingerprint density at radius 2 is 1.19 bits per heavy atom. The zero-order valence-electron chi connectivity index (χ0n) is 23.5. The van der Waals surface area contributed by atoms with Gasteiger partial charge in [0.15, 0.2) is 12.4 Å². The molecule has 0 spiro atoms. The highest BCUT2D eigenvalue weighted by molar-refractivity contribution is 5.88. The molecular weight excluding hydrogens is 580 g/mol. The fourth-order valence-corrected chi connectivity index (χ4v) is 3.91. The van der Waals surface area contributed by atoms with Crippen LogP contribution >= 0.6 is 0 Å². The molecule has 9 atom stereocenters. The summed E-state index contributed by atoms with van der Waals surface area (Å²) in [4.78, 5) is 36.2. The molecule has 43 heavy (non-hydrogen) atoms. The molecule has 0 radical (unpaired) electrons.